The molecule has 6 heteroatoms. The standard InChI is InChI=1S/C17H24N2O4/c1-3-12-11-19(8-7-13(12)9-16(20)21)17(22)18-14-5-4-6-15(10-14)23-2/h4-6,10,12-13H,3,7-9,11H2,1-2H3,(H,18,22)(H,20,21). The zero-order chi connectivity index (χ0) is 16.8. The lowest BCUT2D eigenvalue weighted by molar-refractivity contribution is -0.139. The Morgan fingerprint density at radius 3 is 2.83 bits per heavy atom. The molecule has 0 saturated carbocycles. The van der Waals surface area contributed by atoms with Crippen molar-refractivity contribution >= 4 is 17.7 Å². The summed E-state index contributed by atoms with van der Waals surface area (Å²) >= 11 is 0. The van der Waals surface area contributed by atoms with E-state index in [1.807, 2.05) is 25.1 Å². The number of nitrogens with one attached hydrogen (secondary N) is 1. The Labute approximate surface area is 136 Å². The van der Waals surface area contributed by atoms with Gasteiger partial charge < -0.3 is 20.1 Å². The molecule has 126 valence electrons. The molecule has 6 nitrogen and oxygen atoms in total. The fourth-order valence-corrected chi connectivity index (χ4v) is 3.12. The van der Waals surface area contributed by atoms with Crippen LogP contribution in [0.1, 0.15) is 26.2 Å². The van der Waals surface area contributed by atoms with Gasteiger partial charge in [0.25, 0.3) is 0 Å². The molecule has 23 heavy (non-hydrogen) atoms. The third kappa shape index (κ3) is 4.61. The minimum absolute atomic E-state index is 0.148. The zero-order valence-electron chi connectivity index (χ0n) is 13.6. The summed E-state index contributed by atoms with van der Waals surface area (Å²) in [6.45, 7) is 3.23. The SMILES string of the molecule is CCC1CN(C(=O)Nc2cccc(OC)c2)CCC1CC(=O)O. The molecular weight excluding hydrogens is 296 g/mol. The van der Waals surface area contributed by atoms with Crippen LogP contribution >= 0.6 is 0 Å². The number of anilines is 1. The molecule has 1 heterocycles. The second kappa shape index (κ2) is 7.85. The normalized spacial score (nSPS) is 20.9. The maximum Gasteiger partial charge on any atom is 0.321 e. The number of urea groups is 1. The van der Waals surface area contributed by atoms with E-state index in [2.05, 4.69) is 5.32 Å². The minimum Gasteiger partial charge on any atom is -0.497 e. The van der Waals surface area contributed by atoms with Gasteiger partial charge in [0.2, 0.25) is 0 Å². The molecule has 1 aliphatic heterocycles. The summed E-state index contributed by atoms with van der Waals surface area (Å²) < 4.78 is 5.15. The lowest BCUT2D eigenvalue weighted by Crippen LogP contribution is -2.45. The molecule has 0 bridgehead atoms. The second-order valence-corrected chi connectivity index (χ2v) is 5.92. The first-order chi connectivity index (χ1) is 11.0. The summed E-state index contributed by atoms with van der Waals surface area (Å²) in [4.78, 5) is 25.1. The number of carbonyl (C=O) groups is 2. The highest BCUT2D eigenvalue weighted by atomic mass is 16.5. The summed E-state index contributed by atoms with van der Waals surface area (Å²) in [5, 5.41) is 11.9. The Morgan fingerprint density at radius 1 is 1.39 bits per heavy atom. The Morgan fingerprint density at radius 2 is 2.17 bits per heavy atom. The van der Waals surface area contributed by atoms with Crippen molar-refractivity contribution in [1.29, 1.82) is 0 Å². The van der Waals surface area contributed by atoms with Gasteiger partial charge in [0.1, 0.15) is 5.75 Å². The van der Waals surface area contributed by atoms with Crippen LogP contribution in [0.15, 0.2) is 24.3 Å². The highest BCUT2D eigenvalue weighted by Gasteiger charge is 2.31. The maximum atomic E-state index is 12.4. The van der Waals surface area contributed by atoms with Crippen molar-refractivity contribution in [2.75, 3.05) is 25.5 Å². The molecule has 2 amide bonds. The number of rotatable bonds is 5. The van der Waals surface area contributed by atoms with Gasteiger partial charge in [-0.05, 0) is 30.4 Å². The molecule has 2 rings (SSSR count). The van der Waals surface area contributed by atoms with E-state index in [-0.39, 0.29) is 24.3 Å². The Balaban J connectivity index is 1.96. The molecule has 1 aromatic rings. The monoisotopic (exact) mass is 320 g/mol. The Kier molecular flexibility index (Phi) is 5.84. The molecule has 2 N–H and O–H groups in total. The van der Waals surface area contributed by atoms with Crippen LogP contribution in [0.25, 0.3) is 0 Å². The second-order valence-electron chi connectivity index (χ2n) is 5.92. The van der Waals surface area contributed by atoms with E-state index in [9.17, 15) is 9.59 Å². The number of aliphatic carboxylic acids is 1. The number of carboxylic acids is 1. The molecule has 1 aromatic carbocycles. The molecule has 1 fully saturated rings. The number of carboxylic acid groups (broad SMARTS) is 1. The van der Waals surface area contributed by atoms with Gasteiger partial charge in [-0.15, -0.1) is 0 Å². The van der Waals surface area contributed by atoms with E-state index in [0.717, 1.165) is 12.8 Å². The number of hydrogen-bond acceptors (Lipinski definition) is 3. The largest absolute Gasteiger partial charge is 0.497 e. The van der Waals surface area contributed by atoms with Gasteiger partial charge >= 0.3 is 12.0 Å². The zero-order valence-corrected chi connectivity index (χ0v) is 13.6. The van der Waals surface area contributed by atoms with Crippen LogP contribution in [-0.2, 0) is 4.79 Å². The fourth-order valence-electron chi connectivity index (χ4n) is 3.12. The van der Waals surface area contributed by atoms with Crippen LogP contribution in [-0.4, -0.2) is 42.2 Å². The van der Waals surface area contributed by atoms with E-state index in [1.165, 1.54) is 0 Å². The summed E-state index contributed by atoms with van der Waals surface area (Å²) in [6, 6.07) is 7.08. The van der Waals surface area contributed by atoms with Crippen molar-refractivity contribution in [2.24, 2.45) is 11.8 Å². The lowest BCUT2D eigenvalue weighted by Gasteiger charge is -2.37. The minimum atomic E-state index is -0.761. The molecular formula is C17H24N2O4. The fraction of sp³-hybridized carbons (Fsp3) is 0.529. The van der Waals surface area contributed by atoms with Crippen molar-refractivity contribution in [2.45, 2.75) is 26.2 Å². The van der Waals surface area contributed by atoms with Crippen molar-refractivity contribution in [3.63, 3.8) is 0 Å². The molecule has 0 spiro atoms. The third-order valence-electron chi connectivity index (χ3n) is 4.46. The summed E-state index contributed by atoms with van der Waals surface area (Å²) in [7, 11) is 1.58. The van der Waals surface area contributed by atoms with Crippen LogP contribution in [0.4, 0.5) is 10.5 Å². The van der Waals surface area contributed by atoms with Gasteiger partial charge in [0, 0.05) is 31.3 Å². The number of carbonyl (C=O) groups excluding carboxylic acids is 1. The molecule has 0 radical (unpaired) electrons. The highest BCUT2D eigenvalue weighted by molar-refractivity contribution is 5.89. The average molecular weight is 320 g/mol. The average Bonchev–Trinajstić information content (AvgIpc) is 2.54. The Hall–Kier alpha value is -2.24. The van der Waals surface area contributed by atoms with Crippen LogP contribution in [0.3, 0.4) is 0 Å². The maximum absolute atomic E-state index is 12.4. The number of benzene rings is 1. The van der Waals surface area contributed by atoms with Crippen molar-refractivity contribution in [1.82, 2.24) is 4.90 Å². The number of nitrogens with zero attached hydrogens (tertiary/aromatic N) is 1. The smallest absolute Gasteiger partial charge is 0.321 e. The van der Waals surface area contributed by atoms with Gasteiger partial charge in [-0.25, -0.2) is 4.79 Å². The van der Waals surface area contributed by atoms with Crippen molar-refractivity contribution in [3.05, 3.63) is 24.3 Å². The number of piperidine rings is 1. The van der Waals surface area contributed by atoms with Gasteiger partial charge in [-0.1, -0.05) is 19.4 Å². The molecule has 2 unspecified atom stereocenters. The number of amides is 2. The molecule has 0 aromatic heterocycles. The van der Waals surface area contributed by atoms with Crippen LogP contribution in [0, 0.1) is 11.8 Å². The quantitative estimate of drug-likeness (QED) is 0.874. The van der Waals surface area contributed by atoms with Crippen LogP contribution in [0.2, 0.25) is 0 Å². The van der Waals surface area contributed by atoms with E-state index in [0.29, 0.717) is 24.5 Å². The predicted octanol–water partition coefficient (Wildman–Crippen LogP) is 3.05. The number of likely N-dealkylation sites (tertiary alicyclic amines) is 1. The summed E-state index contributed by atoms with van der Waals surface area (Å²) in [6.07, 6.45) is 1.79. The number of hydrogen-bond donors (Lipinski definition) is 2. The molecule has 1 aliphatic rings. The summed E-state index contributed by atoms with van der Waals surface area (Å²) in [5.41, 5.74) is 0.690. The first-order valence-electron chi connectivity index (χ1n) is 7.95. The highest BCUT2D eigenvalue weighted by Crippen LogP contribution is 2.29. The molecule has 0 aliphatic carbocycles. The lowest BCUT2D eigenvalue weighted by atomic mass is 9.82. The van der Waals surface area contributed by atoms with Crippen molar-refractivity contribution < 1.29 is 19.4 Å². The first-order valence-corrected chi connectivity index (χ1v) is 7.95. The van der Waals surface area contributed by atoms with Crippen molar-refractivity contribution in [3.8, 4) is 5.75 Å². The third-order valence-corrected chi connectivity index (χ3v) is 4.46. The molecule has 2 atom stereocenters. The number of methoxy groups -OCH3 is 1. The van der Waals surface area contributed by atoms with Crippen LogP contribution in [0.5, 0.6) is 5.75 Å². The first kappa shape index (κ1) is 17.1. The van der Waals surface area contributed by atoms with E-state index >= 15 is 0 Å². The summed E-state index contributed by atoms with van der Waals surface area (Å²) in [5.74, 6) is 0.311. The van der Waals surface area contributed by atoms with Gasteiger partial charge in [0.15, 0.2) is 0 Å². The van der Waals surface area contributed by atoms with Gasteiger partial charge in [-0.2, -0.15) is 0 Å². The van der Waals surface area contributed by atoms with Gasteiger partial charge in [-0.3, -0.25) is 4.79 Å². The predicted molar refractivity (Wildman–Crippen MR) is 87.7 cm³/mol. The van der Waals surface area contributed by atoms with E-state index < -0.39 is 5.97 Å². The Bertz CT molecular complexity index is 561. The van der Waals surface area contributed by atoms with E-state index in [4.69, 9.17) is 9.84 Å². The number of ether oxygens (including phenoxy) is 1. The van der Waals surface area contributed by atoms with Crippen LogP contribution < -0.4 is 10.1 Å². The van der Waals surface area contributed by atoms with E-state index in [1.54, 1.807) is 18.1 Å². The topological polar surface area (TPSA) is 78.9 Å². The molecule has 1 saturated heterocycles. The van der Waals surface area contributed by atoms with Gasteiger partial charge in [0.05, 0.1) is 7.11 Å².